The molecule has 3 rings (SSSR count). The van der Waals surface area contributed by atoms with Crippen LogP contribution in [-0.4, -0.2) is 18.1 Å². The van der Waals surface area contributed by atoms with Crippen LogP contribution < -0.4 is 10.1 Å². The van der Waals surface area contributed by atoms with E-state index in [1.807, 2.05) is 18.3 Å². The van der Waals surface area contributed by atoms with Crippen LogP contribution in [0.5, 0.6) is 5.75 Å². The summed E-state index contributed by atoms with van der Waals surface area (Å²) in [6, 6.07) is 4.63. The summed E-state index contributed by atoms with van der Waals surface area (Å²) in [6.45, 7) is 0.898. The molecule has 1 heterocycles. The van der Waals surface area contributed by atoms with E-state index < -0.39 is 0 Å². The number of aromatic amines is 1. The van der Waals surface area contributed by atoms with Gasteiger partial charge in [0.1, 0.15) is 5.75 Å². The lowest BCUT2D eigenvalue weighted by atomic mass is 10.1. The van der Waals surface area contributed by atoms with Gasteiger partial charge in [0.05, 0.1) is 12.1 Å². The summed E-state index contributed by atoms with van der Waals surface area (Å²) in [4.78, 5) is 3.24. The summed E-state index contributed by atoms with van der Waals surface area (Å²) < 4.78 is 5.25. The number of ether oxygens (including phenoxy) is 1. The van der Waals surface area contributed by atoms with E-state index in [-0.39, 0.29) is 0 Å². The third-order valence-corrected chi connectivity index (χ3v) is 3.49. The number of fused-ring (bicyclic) bond motifs is 1. The number of H-pyrrole nitrogens is 1. The molecule has 90 valence electrons. The molecule has 0 unspecified atom stereocenters. The van der Waals surface area contributed by atoms with Gasteiger partial charge in [-0.05, 0) is 30.5 Å². The Labute approximate surface area is 105 Å². The fraction of sp³-hybridized carbons (Fsp3) is 0.385. The Balaban J connectivity index is 1.94. The van der Waals surface area contributed by atoms with Gasteiger partial charge in [0, 0.05) is 29.7 Å². The average Bonchev–Trinajstić information content (AvgIpc) is 3.08. The van der Waals surface area contributed by atoms with E-state index in [0.717, 1.165) is 17.8 Å². The fourth-order valence-electron chi connectivity index (χ4n) is 2.03. The van der Waals surface area contributed by atoms with E-state index in [1.54, 1.807) is 7.11 Å². The number of hydrogen-bond donors (Lipinski definition) is 2. The van der Waals surface area contributed by atoms with Gasteiger partial charge < -0.3 is 15.0 Å². The Morgan fingerprint density at radius 1 is 1.47 bits per heavy atom. The number of halogens is 1. The maximum atomic E-state index is 6.09. The van der Waals surface area contributed by atoms with Gasteiger partial charge in [0.15, 0.2) is 0 Å². The lowest BCUT2D eigenvalue weighted by Crippen LogP contribution is -2.14. The van der Waals surface area contributed by atoms with Gasteiger partial charge in [-0.15, -0.1) is 0 Å². The van der Waals surface area contributed by atoms with Crippen LogP contribution in [0.15, 0.2) is 18.3 Å². The van der Waals surface area contributed by atoms with Crippen molar-refractivity contribution in [2.24, 2.45) is 0 Å². The Morgan fingerprint density at radius 3 is 3.00 bits per heavy atom. The van der Waals surface area contributed by atoms with Gasteiger partial charge in [-0.3, -0.25) is 0 Å². The van der Waals surface area contributed by atoms with Crippen LogP contribution in [-0.2, 0) is 6.54 Å². The van der Waals surface area contributed by atoms with E-state index in [9.17, 15) is 0 Å². The molecule has 4 heteroatoms. The van der Waals surface area contributed by atoms with Crippen LogP contribution in [0.25, 0.3) is 10.9 Å². The highest BCUT2D eigenvalue weighted by Gasteiger charge is 2.20. The molecule has 1 aromatic heterocycles. The van der Waals surface area contributed by atoms with Crippen LogP contribution in [0.3, 0.4) is 0 Å². The highest BCUT2D eigenvalue weighted by molar-refractivity contribution is 6.32. The van der Waals surface area contributed by atoms with Gasteiger partial charge in [-0.2, -0.15) is 0 Å². The van der Waals surface area contributed by atoms with Crippen LogP contribution in [0.1, 0.15) is 18.4 Å². The zero-order valence-electron chi connectivity index (χ0n) is 9.72. The zero-order valence-corrected chi connectivity index (χ0v) is 10.5. The number of nitrogens with one attached hydrogen (secondary N) is 2. The van der Waals surface area contributed by atoms with Gasteiger partial charge in [-0.1, -0.05) is 11.6 Å². The fourth-order valence-corrected chi connectivity index (χ4v) is 2.27. The molecule has 1 fully saturated rings. The predicted molar refractivity (Wildman–Crippen MR) is 69.7 cm³/mol. The second-order valence-electron chi connectivity index (χ2n) is 4.50. The number of rotatable bonds is 4. The average molecular weight is 251 g/mol. The lowest BCUT2D eigenvalue weighted by Gasteiger charge is -2.05. The SMILES string of the molecule is COc1cc2c(CNC3CC3)c[nH]c2cc1Cl. The van der Waals surface area contributed by atoms with Gasteiger partial charge in [-0.25, -0.2) is 0 Å². The molecule has 0 spiro atoms. The first-order valence-corrected chi connectivity index (χ1v) is 6.22. The molecule has 0 atom stereocenters. The molecular weight excluding hydrogens is 236 g/mol. The minimum absolute atomic E-state index is 0.642. The quantitative estimate of drug-likeness (QED) is 0.875. The summed E-state index contributed by atoms with van der Waals surface area (Å²) in [5, 5.41) is 5.33. The third kappa shape index (κ3) is 2.13. The van der Waals surface area contributed by atoms with Crippen molar-refractivity contribution in [2.45, 2.75) is 25.4 Å². The van der Waals surface area contributed by atoms with Crippen molar-refractivity contribution < 1.29 is 4.74 Å². The standard InChI is InChI=1S/C13H15ClN2O/c1-17-13-4-10-8(6-15-9-2-3-9)7-16-12(10)5-11(13)14/h4-5,7,9,15-16H,2-3,6H2,1H3. The summed E-state index contributed by atoms with van der Waals surface area (Å²) >= 11 is 6.09. The molecule has 2 N–H and O–H groups in total. The van der Waals surface area contributed by atoms with E-state index in [4.69, 9.17) is 16.3 Å². The summed E-state index contributed by atoms with van der Waals surface area (Å²) in [6.07, 6.45) is 4.64. The number of benzene rings is 1. The lowest BCUT2D eigenvalue weighted by molar-refractivity contribution is 0.415. The molecule has 2 aromatic rings. The first kappa shape index (κ1) is 10.9. The molecule has 1 saturated carbocycles. The molecular formula is C13H15ClN2O. The minimum Gasteiger partial charge on any atom is -0.495 e. The molecule has 17 heavy (non-hydrogen) atoms. The van der Waals surface area contributed by atoms with Crippen molar-refractivity contribution in [3.8, 4) is 5.75 Å². The number of hydrogen-bond acceptors (Lipinski definition) is 2. The first-order valence-electron chi connectivity index (χ1n) is 5.85. The summed E-state index contributed by atoms with van der Waals surface area (Å²) in [5.41, 5.74) is 2.32. The van der Waals surface area contributed by atoms with Crippen LogP contribution >= 0.6 is 11.6 Å². The van der Waals surface area contributed by atoms with Crippen molar-refractivity contribution in [1.82, 2.24) is 10.3 Å². The van der Waals surface area contributed by atoms with E-state index in [0.29, 0.717) is 11.1 Å². The largest absolute Gasteiger partial charge is 0.495 e. The van der Waals surface area contributed by atoms with Crippen molar-refractivity contribution in [3.63, 3.8) is 0 Å². The molecule has 0 bridgehead atoms. The van der Waals surface area contributed by atoms with Crippen molar-refractivity contribution in [3.05, 3.63) is 28.9 Å². The van der Waals surface area contributed by atoms with E-state index in [2.05, 4.69) is 10.3 Å². The highest BCUT2D eigenvalue weighted by Crippen LogP contribution is 2.31. The van der Waals surface area contributed by atoms with Crippen molar-refractivity contribution in [2.75, 3.05) is 7.11 Å². The molecule has 0 saturated heterocycles. The Kier molecular flexibility index (Phi) is 2.73. The molecule has 1 aliphatic carbocycles. The monoisotopic (exact) mass is 250 g/mol. The normalized spacial score (nSPS) is 15.4. The maximum absolute atomic E-state index is 6.09. The van der Waals surface area contributed by atoms with Gasteiger partial charge >= 0.3 is 0 Å². The molecule has 0 aliphatic heterocycles. The van der Waals surface area contributed by atoms with E-state index >= 15 is 0 Å². The Bertz CT molecular complexity index is 546. The molecule has 1 aromatic carbocycles. The first-order chi connectivity index (χ1) is 8.28. The molecule has 0 radical (unpaired) electrons. The Hall–Kier alpha value is -1.19. The third-order valence-electron chi connectivity index (χ3n) is 3.20. The summed E-state index contributed by atoms with van der Waals surface area (Å²) in [7, 11) is 1.64. The molecule has 1 aliphatic rings. The topological polar surface area (TPSA) is 37.0 Å². The smallest absolute Gasteiger partial charge is 0.138 e. The Morgan fingerprint density at radius 2 is 2.29 bits per heavy atom. The van der Waals surface area contributed by atoms with E-state index in [1.165, 1.54) is 23.8 Å². The number of aromatic nitrogens is 1. The van der Waals surface area contributed by atoms with Crippen molar-refractivity contribution >= 4 is 22.5 Å². The minimum atomic E-state index is 0.642. The highest BCUT2D eigenvalue weighted by atomic mass is 35.5. The van der Waals surface area contributed by atoms with Crippen LogP contribution in [0.4, 0.5) is 0 Å². The number of methoxy groups -OCH3 is 1. The van der Waals surface area contributed by atoms with Crippen LogP contribution in [0, 0.1) is 0 Å². The summed E-state index contributed by atoms with van der Waals surface area (Å²) in [5.74, 6) is 0.728. The zero-order chi connectivity index (χ0) is 11.8. The van der Waals surface area contributed by atoms with Crippen LogP contribution in [0.2, 0.25) is 5.02 Å². The maximum Gasteiger partial charge on any atom is 0.138 e. The molecule has 3 nitrogen and oxygen atoms in total. The van der Waals surface area contributed by atoms with Gasteiger partial charge in [0.25, 0.3) is 0 Å². The molecule has 0 amide bonds. The van der Waals surface area contributed by atoms with Crippen molar-refractivity contribution in [1.29, 1.82) is 0 Å². The van der Waals surface area contributed by atoms with Gasteiger partial charge in [0.2, 0.25) is 0 Å². The second kappa shape index (κ2) is 4.24. The predicted octanol–water partition coefficient (Wildman–Crippen LogP) is 3.08. The second-order valence-corrected chi connectivity index (χ2v) is 4.91.